The molecule has 31 heavy (non-hydrogen) atoms. The van der Waals surface area contributed by atoms with E-state index < -0.39 is 0 Å². The average Bonchev–Trinajstić information content (AvgIpc) is 3.26. The second kappa shape index (κ2) is 8.27. The third-order valence-corrected chi connectivity index (χ3v) is 6.44. The van der Waals surface area contributed by atoms with Crippen molar-refractivity contribution in [3.8, 4) is 5.75 Å². The predicted octanol–water partition coefficient (Wildman–Crippen LogP) is 6.43. The summed E-state index contributed by atoms with van der Waals surface area (Å²) in [6.45, 7) is 6.35. The van der Waals surface area contributed by atoms with Crippen LogP contribution in [0.15, 0.2) is 77.9 Å². The Hall–Kier alpha value is -2.98. The van der Waals surface area contributed by atoms with Crippen molar-refractivity contribution in [1.82, 2.24) is 5.01 Å². The van der Waals surface area contributed by atoms with Crippen LogP contribution in [0.4, 0.5) is 5.69 Å². The lowest BCUT2D eigenvalue weighted by atomic mass is 9.96. The number of anilines is 1. The number of fused-ring (bicyclic) bond motifs is 3. The summed E-state index contributed by atoms with van der Waals surface area (Å²) in [4.78, 5) is 2.34. The first-order valence-corrected chi connectivity index (χ1v) is 11.3. The second-order valence-electron chi connectivity index (χ2n) is 7.93. The first-order valence-electron chi connectivity index (χ1n) is 10.9. The molecule has 0 saturated carbocycles. The van der Waals surface area contributed by atoms with E-state index in [1.54, 1.807) is 0 Å². The molecule has 0 fully saturated rings. The van der Waals surface area contributed by atoms with Crippen molar-refractivity contribution < 1.29 is 4.74 Å². The van der Waals surface area contributed by atoms with Gasteiger partial charge in [-0.05, 0) is 49.7 Å². The molecule has 0 amide bonds. The van der Waals surface area contributed by atoms with Crippen molar-refractivity contribution in [2.75, 3.05) is 18.0 Å². The molecule has 3 aromatic carbocycles. The van der Waals surface area contributed by atoms with Crippen molar-refractivity contribution in [3.05, 3.63) is 94.5 Å². The molecule has 0 bridgehead atoms. The van der Waals surface area contributed by atoms with Crippen molar-refractivity contribution in [1.29, 1.82) is 0 Å². The zero-order valence-corrected chi connectivity index (χ0v) is 18.6. The maximum absolute atomic E-state index is 6.47. The number of hydrogen-bond donors (Lipinski definition) is 0. The van der Waals surface area contributed by atoms with Gasteiger partial charge in [0, 0.05) is 41.3 Å². The maximum Gasteiger partial charge on any atom is 0.213 e. The molecule has 3 aromatic rings. The average molecular weight is 432 g/mol. The lowest BCUT2D eigenvalue weighted by molar-refractivity contribution is -0.0190. The minimum atomic E-state index is -0.254. The zero-order valence-electron chi connectivity index (χ0n) is 17.8. The van der Waals surface area contributed by atoms with E-state index in [-0.39, 0.29) is 12.3 Å². The Balaban J connectivity index is 1.52. The summed E-state index contributed by atoms with van der Waals surface area (Å²) in [5, 5.41) is 7.89. The van der Waals surface area contributed by atoms with Crippen molar-refractivity contribution in [2.24, 2.45) is 5.10 Å². The lowest BCUT2D eigenvalue weighted by Gasteiger charge is -2.38. The molecule has 2 atom stereocenters. The van der Waals surface area contributed by atoms with Crippen LogP contribution in [0.3, 0.4) is 0 Å². The molecule has 5 rings (SSSR count). The van der Waals surface area contributed by atoms with Crippen molar-refractivity contribution in [3.63, 3.8) is 0 Å². The van der Waals surface area contributed by atoms with Gasteiger partial charge in [-0.3, -0.25) is 0 Å². The van der Waals surface area contributed by atoms with Gasteiger partial charge in [-0.2, -0.15) is 5.10 Å². The van der Waals surface area contributed by atoms with E-state index in [2.05, 4.69) is 66.2 Å². The molecule has 0 spiro atoms. The molecular formula is C26H26ClN3O. The number of ether oxygens (including phenoxy) is 1. The molecule has 0 saturated heterocycles. The molecule has 0 aromatic heterocycles. The molecule has 2 heterocycles. The number of hydrazone groups is 1. The van der Waals surface area contributed by atoms with Gasteiger partial charge in [0.05, 0.1) is 11.8 Å². The highest BCUT2D eigenvalue weighted by Crippen LogP contribution is 2.47. The van der Waals surface area contributed by atoms with Gasteiger partial charge in [-0.25, -0.2) is 5.01 Å². The molecule has 0 radical (unpaired) electrons. The van der Waals surface area contributed by atoms with Crippen LogP contribution in [0.25, 0.3) is 0 Å². The Morgan fingerprint density at radius 1 is 0.968 bits per heavy atom. The molecule has 2 aliphatic heterocycles. The van der Waals surface area contributed by atoms with Crippen LogP contribution in [-0.4, -0.2) is 23.8 Å². The number of rotatable bonds is 5. The third-order valence-electron chi connectivity index (χ3n) is 6.18. The summed E-state index contributed by atoms with van der Waals surface area (Å²) in [6, 6.07) is 25.1. The number of hydrogen-bond acceptors (Lipinski definition) is 4. The van der Waals surface area contributed by atoms with Crippen LogP contribution < -0.4 is 9.64 Å². The van der Waals surface area contributed by atoms with E-state index in [1.807, 2.05) is 30.3 Å². The first kappa shape index (κ1) is 20.0. The molecule has 2 aliphatic rings. The lowest BCUT2D eigenvalue weighted by Crippen LogP contribution is -2.33. The van der Waals surface area contributed by atoms with Gasteiger partial charge in [-0.15, -0.1) is 0 Å². The molecule has 0 N–H and O–H groups in total. The second-order valence-corrected chi connectivity index (χ2v) is 8.36. The molecule has 5 heteroatoms. The summed E-state index contributed by atoms with van der Waals surface area (Å²) in [5.74, 6) is 0.939. The van der Waals surface area contributed by atoms with Crippen LogP contribution in [0.2, 0.25) is 5.02 Å². The number of nitrogens with zero attached hydrogens (tertiary/aromatic N) is 3. The van der Waals surface area contributed by atoms with Gasteiger partial charge in [0.15, 0.2) is 0 Å². The molecular weight excluding hydrogens is 406 g/mol. The summed E-state index contributed by atoms with van der Waals surface area (Å²) in [7, 11) is 0. The van der Waals surface area contributed by atoms with Gasteiger partial charge in [0.25, 0.3) is 0 Å². The Labute approximate surface area is 188 Å². The summed E-state index contributed by atoms with van der Waals surface area (Å²) in [6.07, 6.45) is 0.589. The fraction of sp³-hybridized carbons (Fsp3) is 0.269. The highest BCUT2D eigenvalue weighted by molar-refractivity contribution is 6.30. The molecule has 0 aliphatic carbocycles. The monoisotopic (exact) mass is 431 g/mol. The summed E-state index contributed by atoms with van der Waals surface area (Å²) in [5.41, 5.74) is 5.69. The van der Waals surface area contributed by atoms with Crippen LogP contribution in [0.1, 0.15) is 49.2 Å². The van der Waals surface area contributed by atoms with E-state index in [9.17, 15) is 0 Å². The number of halogens is 1. The van der Waals surface area contributed by atoms with Gasteiger partial charge < -0.3 is 9.64 Å². The van der Waals surface area contributed by atoms with Crippen LogP contribution >= 0.6 is 11.6 Å². The molecule has 158 valence electrons. The van der Waals surface area contributed by atoms with Gasteiger partial charge >= 0.3 is 0 Å². The van der Waals surface area contributed by atoms with Crippen molar-refractivity contribution >= 4 is 23.0 Å². The van der Waals surface area contributed by atoms with Crippen LogP contribution in [-0.2, 0) is 0 Å². The largest absolute Gasteiger partial charge is 0.464 e. The van der Waals surface area contributed by atoms with Crippen LogP contribution in [0.5, 0.6) is 5.75 Å². The third kappa shape index (κ3) is 3.66. The van der Waals surface area contributed by atoms with Gasteiger partial charge in [0.1, 0.15) is 5.75 Å². The Morgan fingerprint density at radius 2 is 1.68 bits per heavy atom. The first-order chi connectivity index (χ1) is 15.2. The number of benzene rings is 3. The van der Waals surface area contributed by atoms with E-state index in [0.717, 1.165) is 47.1 Å². The number of para-hydroxylation sites is 1. The van der Waals surface area contributed by atoms with Crippen molar-refractivity contribution in [2.45, 2.75) is 32.5 Å². The fourth-order valence-electron chi connectivity index (χ4n) is 4.51. The molecule has 4 nitrogen and oxygen atoms in total. The smallest absolute Gasteiger partial charge is 0.213 e. The Morgan fingerprint density at radius 3 is 2.39 bits per heavy atom. The van der Waals surface area contributed by atoms with Gasteiger partial charge in [0.2, 0.25) is 6.23 Å². The van der Waals surface area contributed by atoms with E-state index >= 15 is 0 Å². The fourth-order valence-corrected chi connectivity index (χ4v) is 4.64. The van der Waals surface area contributed by atoms with Crippen LogP contribution in [0, 0.1) is 0 Å². The highest BCUT2D eigenvalue weighted by Gasteiger charge is 2.40. The Kier molecular flexibility index (Phi) is 5.33. The SMILES string of the molecule is CCN(CC)c1ccc([C@H]2Oc3ccccc3[C@H]3CC(c4ccc(Cl)cc4)=NN32)cc1. The minimum absolute atomic E-state index is 0.156. The highest BCUT2D eigenvalue weighted by atomic mass is 35.5. The molecule has 0 unspecified atom stereocenters. The van der Waals surface area contributed by atoms with E-state index in [1.165, 1.54) is 11.3 Å². The van der Waals surface area contributed by atoms with E-state index in [0.29, 0.717) is 0 Å². The quantitative estimate of drug-likeness (QED) is 0.466. The zero-order chi connectivity index (χ0) is 21.4. The predicted molar refractivity (Wildman–Crippen MR) is 127 cm³/mol. The Bertz CT molecular complexity index is 1090. The van der Waals surface area contributed by atoms with E-state index in [4.69, 9.17) is 21.4 Å². The maximum atomic E-state index is 6.47. The van der Waals surface area contributed by atoms with Gasteiger partial charge in [-0.1, -0.05) is 54.1 Å². The standard InChI is InChI=1S/C26H26ClN3O/c1-3-29(4-2)21-15-11-19(12-16-21)26-30-24(22-7-5-6-8-25(22)31-26)17-23(28-30)18-9-13-20(27)14-10-18/h5-16,24,26H,3-4,17H2,1-2H3/t24-,26-/m1/s1. The normalized spacial score (nSPS) is 19.3. The summed E-state index contributed by atoms with van der Waals surface area (Å²) < 4.78 is 6.47. The minimum Gasteiger partial charge on any atom is -0.464 e. The summed E-state index contributed by atoms with van der Waals surface area (Å²) >= 11 is 6.09. The topological polar surface area (TPSA) is 28.1 Å².